The van der Waals surface area contributed by atoms with Gasteiger partial charge in [-0.15, -0.1) is 24.9 Å². The van der Waals surface area contributed by atoms with Crippen LogP contribution >= 0.6 is 11.8 Å². The highest BCUT2D eigenvalue weighted by molar-refractivity contribution is 8.02. The summed E-state index contributed by atoms with van der Waals surface area (Å²) in [7, 11) is 0. The van der Waals surface area contributed by atoms with Crippen molar-refractivity contribution in [2.75, 3.05) is 37.7 Å². The lowest BCUT2D eigenvalue weighted by atomic mass is 9.66. The molecule has 2 bridgehead atoms. The number of unbranched alkanes of at least 4 members (excludes halogenated alkanes) is 2. The third-order valence-electron chi connectivity index (χ3n) is 9.10. The molecule has 1 spiro atoms. The molecule has 1 aromatic carbocycles. The SMILES string of the molecule is C=CCN(C(=O)[C@H]1[C@H]2C(=O)N(CCCCCO)C(C(=O)N(CC=C)C(C)C)C23CC[C@]1(C)S3)c1ccc(OCC)cc1. The van der Waals surface area contributed by atoms with Crippen molar-refractivity contribution in [3.63, 3.8) is 0 Å². The number of anilines is 1. The standard InChI is InChI=1S/C33H47N3O5S/c1-7-19-34(23(4)5)31(40)28-33-18-17-32(6,42-33)26(27(33)30(39)36(28)21-11-10-12-22-37)29(38)35(20-8-2)24-13-15-25(16-14-24)41-9-3/h7-8,13-16,23,26-28,37H,1-2,9-12,17-22H2,3-6H3/t26-,27+,28?,32+,33?/m1/s1. The summed E-state index contributed by atoms with van der Waals surface area (Å²) < 4.78 is 4.46. The number of fused-ring (bicyclic) bond motifs is 1. The first-order chi connectivity index (χ1) is 20.1. The molecule has 230 valence electrons. The van der Waals surface area contributed by atoms with E-state index >= 15 is 0 Å². The number of thioether (sulfide) groups is 1. The Kier molecular flexibility index (Phi) is 10.1. The van der Waals surface area contributed by atoms with Crippen molar-refractivity contribution in [1.82, 2.24) is 9.80 Å². The predicted octanol–water partition coefficient (Wildman–Crippen LogP) is 4.67. The minimum absolute atomic E-state index is 0.0587. The molecule has 0 aliphatic carbocycles. The number of amides is 3. The van der Waals surface area contributed by atoms with Crippen molar-refractivity contribution in [1.29, 1.82) is 0 Å². The van der Waals surface area contributed by atoms with Crippen LogP contribution in [0.1, 0.15) is 59.8 Å². The van der Waals surface area contributed by atoms with Gasteiger partial charge in [-0.05, 0) is 84.1 Å². The number of ether oxygens (including phenoxy) is 1. The van der Waals surface area contributed by atoms with Gasteiger partial charge >= 0.3 is 0 Å². The zero-order valence-electron chi connectivity index (χ0n) is 25.6. The molecule has 0 radical (unpaired) electrons. The largest absolute Gasteiger partial charge is 0.494 e. The predicted molar refractivity (Wildman–Crippen MR) is 169 cm³/mol. The van der Waals surface area contributed by atoms with Gasteiger partial charge in [0.25, 0.3) is 0 Å². The van der Waals surface area contributed by atoms with Crippen molar-refractivity contribution in [3.8, 4) is 5.75 Å². The van der Waals surface area contributed by atoms with E-state index < -0.39 is 27.4 Å². The molecule has 0 saturated carbocycles. The van der Waals surface area contributed by atoms with Crippen molar-refractivity contribution >= 4 is 35.2 Å². The van der Waals surface area contributed by atoms with Crippen LogP contribution in [-0.2, 0) is 14.4 Å². The van der Waals surface area contributed by atoms with Gasteiger partial charge in [-0.2, -0.15) is 0 Å². The average molecular weight is 598 g/mol. The molecule has 3 aliphatic rings. The van der Waals surface area contributed by atoms with E-state index in [2.05, 4.69) is 20.1 Å². The number of aliphatic hydroxyl groups is 1. The Labute approximate surface area is 255 Å². The summed E-state index contributed by atoms with van der Waals surface area (Å²) in [6.07, 6.45) is 7.01. The molecule has 1 N–H and O–H groups in total. The summed E-state index contributed by atoms with van der Waals surface area (Å²) in [5, 5.41) is 9.30. The highest BCUT2D eigenvalue weighted by Gasteiger charge is 2.77. The Bertz CT molecular complexity index is 1170. The normalized spacial score (nSPS) is 27.7. The van der Waals surface area contributed by atoms with E-state index in [4.69, 9.17) is 4.74 Å². The fourth-order valence-electron chi connectivity index (χ4n) is 7.25. The topological polar surface area (TPSA) is 90.4 Å². The lowest BCUT2D eigenvalue weighted by Crippen LogP contribution is -2.56. The Balaban J connectivity index is 1.74. The Morgan fingerprint density at radius 3 is 2.40 bits per heavy atom. The maximum absolute atomic E-state index is 14.6. The van der Waals surface area contributed by atoms with Crippen LogP contribution in [0.25, 0.3) is 0 Å². The summed E-state index contributed by atoms with van der Waals surface area (Å²) in [5.41, 5.74) is 0.727. The monoisotopic (exact) mass is 597 g/mol. The molecular weight excluding hydrogens is 550 g/mol. The summed E-state index contributed by atoms with van der Waals surface area (Å²) in [6.45, 7) is 17.5. The van der Waals surface area contributed by atoms with E-state index in [-0.39, 0.29) is 30.4 Å². The molecule has 3 amide bonds. The molecule has 3 saturated heterocycles. The van der Waals surface area contributed by atoms with E-state index in [1.54, 1.807) is 38.6 Å². The highest BCUT2D eigenvalue weighted by atomic mass is 32.2. The van der Waals surface area contributed by atoms with E-state index in [9.17, 15) is 19.5 Å². The highest BCUT2D eigenvalue weighted by Crippen LogP contribution is 2.71. The molecule has 9 heteroatoms. The number of rotatable bonds is 15. The zero-order valence-corrected chi connectivity index (χ0v) is 26.4. The first-order valence-corrected chi connectivity index (χ1v) is 16.1. The van der Waals surface area contributed by atoms with Crippen LogP contribution in [0.15, 0.2) is 49.6 Å². The molecule has 3 heterocycles. The molecule has 0 aromatic heterocycles. The molecule has 1 aromatic rings. The summed E-state index contributed by atoms with van der Waals surface area (Å²) in [5.74, 6) is -0.698. The van der Waals surface area contributed by atoms with E-state index in [0.29, 0.717) is 45.5 Å². The third-order valence-corrected chi connectivity index (χ3v) is 11.1. The quantitative estimate of drug-likeness (QED) is 0.234. The summed E-state index contributed by atoms with van der Waals surface area (Å²) in [6, 6.07) is 6.74. The molecule has 5 atom stereocenters. The first-order valence-electron chi connectivity index (χ1n) is 15.3. The van der Waals surface area contributed by atoms with E-state index in [1.807, 2.05) is 45.0 Å². The van der Waals surface area contributed by atoms with Gasteiger partial charge in [0.05, 0.1) is 23.2 Å². The van der Waals surface area contributed by atoms with Gasteiger partial charge in [-0.25, -0.2) is 0 Å². The molecule has 42 heavy (non-hydrogen) atoms. The second-order valence-corrected chi connectivity index (χ2v) is 14.0. The van der Waals surface area contributed by atoms with Gasteiger partial charge in [-0.1, -0.05) is 12.2 Å². The average Bonchev–Trinajstić information content (AvgIpc) is 3.53. The summed E-state index contributed by atoms with van der Waals surface area (Å²) >= 11 is 1.69. The minimum atomic E-state index is -0.673. The first kappa shape index (κ1) is 32.1. The van der Waals surface area contributed by atoms with Crippen LogP contribution < -0.4 is 9.64 Å². The van der Waals surface area contributed by atoms with Crippen LogP contribution in [0.4, 0.5) is 5.69 Å². The maximum Gasteiger partial charge on any atom is 0.247 e. The number of nitrogens with zero attached hydrogens (tertiary/aromatic N) is 3. The second-order valence-electron chi connectivity index (χ2n) is 12.1. The van der Waals surface area contributed by atoms with Crippen LogP contribution in [-0.4, -0.2) is 87.1 Å². The minimum Gasteiger partial charge on any atom is -0.494 e. The molecule has 3 fully saturated rings. The third kappa shape index (κ3) is 5.62. The fraction of sp³-hybridized carbons (Fsp3) is 0.606. The maximum atomic E-state index is 14.6. The number of aliphatic hydroxyl groups excluding tert-OH is 1. The Morgan fingerprint density at radius 1 is 1.12 bits per heavy atom. The van der Waals surface area contributed by atoms with E-state index in [0.717, 1.165) is 24.3 Å². The van der Waals surface area contributed by atoms with Crippen molar-refractivity contribution in [3.05, 3.63) is 49.6 Å². The fourth-order valence-corrected chi connectivity index (χ4v) is 9.60. The molecule has 2 unspecified atom stereocenters. The zero-order chi connectivity index (χ0) is 30.7. The number of carbonyl (C=O) groups is 3. The molecule has 4 rings (SSSR count). The van der Waals surface area contributed by atoms with Gasteiger partial charge < -0.3 is 24.5 Å². The Hall–Kier alpha value is -2.78. The Morgan fingerprint density at radius 2 is 1.81 bits per heavy atom. The summed E-state index contributed by atoms with van der Waals surface area (Å²) in [4.78, 5) is 48.7. The van der Waals surface area contributed by atoms with E-state index in [1.165, 1.54) is 0 Å². The van der Waals surface area contributed by atoms with Crippen LogP contribution in [0.5, 0.6) is 5.75 Å². The van der Waals surface area contributed by atoms with Crippen molar-refractivity contribution in [2.45, 2.75) is 81.4 Å². The van der Waals surface area contributed by atoms with Crippen LogP contribution in [0, 0.1) is 11.8 Å². The van der Waals surface area contributed by atoms with Gasteiger partial charge in [0.2, 0.25) is 17.7 Å². The number of carbonyl (C=O) groups excluding carboxylic acids is 3. The van der Waals surface area contributed by atoms with Gasteiger partial charge in [0.1, 0.15) is 11.8 Å². The van der Waals surface area contributed by atoms with Gasteiger partial charge in [-0.3, -0.25) is 14.4 Å². The number of benzene rings is 1. The molecule has 3 aliphatic heterocycles. The van der Waals surface area contributed by atoms with Crippen molar-refractivity contribution < 1.29 is 24.2 Å². The number of hydrogen-bond acceptors (Lipinski definition) is 6. The number of hydrogen-bond donors (Lipinski definition) is 1. The molecular formula is C33H47N3O5S. The number of likely N-dealkylation sites (tertiary alicyclic amines) is 1. The molecule has 8 nitrogen and oxygen atoms in total. The van der Waals surface area contributed by atoms with Gasteiger partial charge in [0.15, 0.2) is 0 Å². The van der Waals surface area contributed by atoms with Gasteiger partial charge in [0, 0.05) is 42.7 Å². The van der Waals surface area contributed by atoms with Crippen LogP contribution in [0.2, 0.25) is 0 Å². The van der Waals surface area contributed by atoms with Crippen molar-refractivity contribution in [2.24, 2.45) is 11.8 Å². The lowest BCUT2D eigenvalue weighted by Gasteiger charge is -2.39. The lowest BCUT2D eigenvalue weighted by molar-refractivity contribution is -0.143. The van der Waals surface area contributed by atoms with Crippen LogP contribution in [0.3, 0.4) is 0 Å². The second kappa shape index (κ2) is 13.2. The smallest absolute Gasteiger partial charge is 0.247 e.